The van der Waals surface area contributed by atoms with Crippen molar-refractivity contribution in [3.63, 3.8) is 0 Å². The Morgan fingerprint density at radius 3 is 3.00 bits per heavy atom. The minimum atomic E-state index is -0.291. The highest BCUT2D eigenvalue weighted by molar-refractivity contribution is 7.99. The number of carbonyl (C=O) groups is 1. The molecule has 0 aliphatic carbocycles. The van der Waals surface area contributed by atoms with Gasteiger partial charge in [-0.05, 0) is 12.8 Å². The molecule has 15 heavy (non-hydrogen) atoms. The second kappa shape index (κ2) is 8.21. The van der Waals surface area contributed by atoms with Crippen LogP contribution >= 0.6 is 24.2 Å². The standard InChI is InChI=1S/C9H18N2O2S.ClH/c1-2-7(12)3-4-10-9(13)8-5-14-6-11-8;/h7-8,11-12H,2-6H2,1H3,(H,10,13);1H/t7?,8-;/m1./s1. The minimum Gasteiger partial charge on any atom is -0.393 e. The topological polar surface area (TPSA) is 61.4 Å². The van der Waals surface area contributed by atoms with Crippen molar-refractivity contribution in [2.45, 2.75) is 31.9 Å². The van der Waals surface area contributed by atoms with E-state index < -0.39 is 0 Å². The molecule has 1 rings (SSSR count). The van der Waals surface area contributed by atoms with Crippen molar-refractivity contribution in [3.8, 4) is 0 Å². The number of aliphatic hydroxyl groups excluding tert-OH is 1. The van der Waals surface area contributed by atoms with Gasteiger partial charge in [-0.3, -0.25) is 10.1 Å². The van der Waals surface area contributed by atoms with Crippen LogP contribution in [0.5, 0.6) is 0 Å². The van der Waals surface area contributed by atoms with Crippen molar-refractivity contribution in [1.29, 1.82) is 0 Å². The lowest BCUT2D eigenvalue weighted by Crippen LogP contribution is -2.42. The van der Waals surface area contributed by atoms with Gasteiger partial charge in [-0.25, -0.2) is 0 Å². The van der Waals surface area contributed by atoms with Gasteiger partial charge in [0.2, 0.25) is 5.91 Å². The molecule has 0 spiro atoms. The van der Waals surface area contributed by atoms with Gasteiger partial charge in [0.05, 0.1) is 12.1 Å². The Bertz CT molecular complexity index is 189. The summed E-state index contributed by atoms with van der Waals surface area (Å²) in [6, 6.07) is -0.0428. The van der Waals surface area contributed by atoms with Gasteiger partial charge in [-0.2, -0.15) is 0 Å². The lowest BCUT2D eigenvalue weighted by atomic mass is 10.2. The highest BCUT2D eigenvalue weighted by atomic mass is 35.5. The molecule has 1 fully saturated rings. The van der Waals surface area contributed by atoms with E-state index in [1.165, 1.54) is 0 Å². The predicted molar refractivity (Wildman–Crippen MR) is 65.4 cm³/mol. The van der Waals surface area contributed by atoms with Crippen LogP contribution < -0.4 is 10.6 Å². The number of thioether (sulfide) groups is 1. The summed E-state index contributed by atoms with van der Waals surface area (Å²) in [5.41, 5.74) is 0. The van der Waals surface area contributed by atoms with Gasteiger partial charge in [-0.15, -0.1) is 24.2 Å². The number of amides is 1. The summed E-state index contributed by atoms with van der Waals surface area (Å²) in [7, 11) is 0. The van der Waals surface area contributed by atoms with Crippen LogP contribution in [-0.2, 0) is 4.79 Å². The van der Waals surface area contributed by atoms with Crippen molar-refractivity contribution < 1.29 is 9.90 Å². The molecule has 1 unspecified atom stereocenters. The molecule has 0 aromatic heterocycles. The van der Waals surface area contributed by atoms with Gasteiger partial charge < -0.3 is 10.4 Å². The van der Waals surface area contributed by atoms with Crippen LogP contribution in [0.2, 0.25) is 0 Å². The Kier molecular flexibility index (Phi) is 8.23. The molecule has 0 saturated carbocycles. The summed E-state index contributed by atoms with van der Waals surface area (Å²) in [5.74, 6) is 1.76. The zero-order chi connectivity index (χ0) is 10.4. The second-order valence-electron chi connectivity index (χ2n) is 3.41. The van der Waals surface area contributed by atoms with Crippen molar-refractivity contribution in [1.82, 2.24) is 10.6 Å². The molecule has 0 radical (unpaired) electrons. The maximum atomic E-state index is 11.4. The zero-order valence-corrected chi connectivity index (χ0v) is 10.5. The van der Waals surface area contributed by atoms with Crippen LogP contribution in [0.25, 0.3) is 0 Å². The van der Waals surface area contributed by atoms with E-state index in [0.717, 1.165) is 18.1 Å². The monoisotopic (exact) mass is 254 g/mol. The first-order chi connectivity index (χ1) is 6.74. The Morgan fingerprint density at radius 2 is 2.47 bits per heavy atom. The third kappa shape index (κ3) is 5.61. The number of halogens is 1. The number of hydrogen-bond acceptors (Lipinski definition) is 4. The lowest BCUT2D eigenvalue weighted by Gasteiger charge is -2.12. The molecule has 3 N–H and O–H groups in total. The van der Waals surface area contributed by atoms with Gasteiger partial charge in [0.1, 0.15) is 0 Å². The Morgan fingerprint density at radius 1 is 1.73 bits per heavy atom. The molecule has 90 valence electrons. The van der Waals surface area contributed by atoms with E-state index in [0.29, 0.717) is 13.0 Å². The molecule has 0 aromatic carbocycles. The van der Waals surface area contributed by atoms with Crippen molar-refractivity contribution in [2.75, 3.05) is 18.2 Å². The Hall–Kier alpha value is 0.0300. The van der Waals surface area contributed by atoms with E-state index in [9.17, 15) is 9.90 Å². The van der Waals surface area contributed by atoms with E-state index in [4.69, 9.17) is 0 Å². The van der Waals surface area contributed by atoms with Crippen molar-refractivity contribution in [3.05, 3.63) is 0 Å². The average molecular weight is 255 g/mol. The number of carbonyl (C=O) groups excluding carboxylic acids is 1. The van der Waals surface area contributed by atoms with Gasteiger partial charge in [0.15, 0.2) is 0 Å². The second-order valence-corrected chi connectivity index (χ2v) is 4.44. The van der Waals surface area contributed by atoms with Gasteiger partial charge in [0.25, 0.3) is 0 Å². The summed E-state index contributed by atoms with van der Waals surface area (Å²) in [6.07, 6.45) is 1.09. The van der Waals surface area contributed by atoms with Crippen molar-refractivity contribution in [2.24, 2.45) is 0 Å². The molecule has 2 atom stereocenters. The first-order valence-electron chi connectivity index (χ1n) is 5.01. The maximum absolute atomic E-state index is 11.4. The van der Waals surface area contributed by atoms with Gasteiger partial charge in [0, 0.05) is 18.2 Å². The highest BCUT2D eigenvalue weighted by Gasteiger charge is 2.21. The number of nitrogens with one attached hydrogen (secondary N) is 2. The number of hydrogen-bond donors (Lipinski definition) is 3. The first kappa shape index (κ1) is 15.0. The van der Waals surface area contributed by atoms with E-state index in [-0.39, 0.29) is 30.5 Å². The normalized spacial score (nSPS) is 21.9. The van der Waals surface area contributed by atoms with E-state index in [2.05, 4.69) is 10.6 Å². The molecular formula is C9H19ClN2O2S. The summed E-state index contributed by atoms with van der Waals surface area (Å²) >= 11 is 1.73. The molecule has 4 nitrogen and oxygen atoms in total. The van der Waals surface area contributed by atoms with Crippen LogP contribution in [0.1, 0.15) is 19.8 Å². The fraction of sp³-hybridized carbons (Fsp3) is 0.889. The molecule has 6 heteroatoms. The molecule has 0 bridgehead atoms. The lowest BCUT2D eigenvalue weighted by molar-refractivity contribution is -0.122. The SMILES string of the molecule is CCC(O)CCNC(=O)[C@H]1CSCN1.Cl. The third-order valence-corrected chi connectivity index (χ3v) is 3.22. The fourth-order valence-corrected chi connectivity index (χ4v) is 2.19. The molecule has 0 aromatic rings. The van der Waals surface area contributed by atoms with Gasteiger partial charge in [-0.1, -0.05) is 6.92 Å². The van der Waals surface area contributed by atoms with Gasteiger partial charge >= 0.3 is 0 Å². The number of aliphatic hydroxyl groups is 1. The van der Waals surface area contributed by atoms with Crippen molar-refractivity contribution >= 4 is 30.1 Å². The quantitative estimate of drug-likeness (QED) is 0.663. The smallest absolute Gasteiger partial charge is 0.238 e. The van der Waals surface area contributed by atoms with E-state index in [1.54, 1.807) is 11.8 Å². The maximum Gasteiger partial charge on any atom is 0.238 e. The summed E-state index contributed by atoms with van der Waals surface area (Å²) < 4.78 is 0. The number of rotatable bonds is 5. The van der Waals surface area contributed by atoms with Crippen LogP contribution in [0.3, 0.4) is 0 Å². The summed E-state index contributed by atoms with van der Waals surface area (Å²) in [6.45, 7) is 2.50. The largest absolute Gasteiger partial charge is 0.393 e. The molecule has 1 aliphatic rings. The van der Waals surface area contributed by atoms with E-state index in [1.807, 2.05) is 6.92 Å². The fourth-order valence-electron chi connectivity index (χ4n) is 1.25. The molecule has 1 saturated heterocycles. The molecule has 1 aliphatic heterocycles. The summed E-state index contributed by atoms with van der Waals surface area (Å²) in [4.78, 5) is 11.4. The first-order valence-corrected chi connectivity index (χ1v) is 6.16. The van der Waals surface area contributed by atoms with Crippen LogP contribution in [0.15, 0.2) is 0 Å². The van der Waals surface area contributed by atoms with Crippen LogP contribution in [0, 0.1) is 0 Å². The molecule has 1 amide bonds. The zero-order valence-electron chi connectivity index (χ0n) is 8.86. The van der Waals surface area contributed by atoms with Crippen LogP contribution in [0.4, 0.5) is 0 Å². The average Bonchev–Trinajstić information content (AvgIpc) is 2.70. The predicted octanol–water partition coefficient (Wildman–Crippen LogP) is 0.348. The molecular weight excluding hydrogens is 236 g/mol. The summed E-state index contributed by atoms with van der Waals surface area (Å²) in [5, 5.41) is 15.2. The molecule has 1 heterocycles. The highest BCUT2D eigenvalue weighted by Crippen LogP contribution is 2.09. The Balaban J connectivity index is 0.00000196. The van der Waals surface area contributed by atoms with E-state index >= 15 is 0 Å². The Labute approximate surface area is 101 Å². The third-order valence-electron chi connectivity index (χ3n) is 2.28. The van der Waals surface area contributed by atoms with Crippen LogP contribution in [-0.4, -0.2) is 41.3 Å². The minimum absolute atomic E-state index is 0.